The van der Waals surface area contributed by atoms with E-state index in [9.17, 15) is 4.79 Å². The van der Waals surface area contributed by atoms with Crippen molar-refractivity contribution in [2.24, 2.45) is 5.92 Å². The second kappa shape index (κ2) is 7.32. The van der Waals surface area contributed by atoms with Gasteiger partial charge in [0.15, 0.2) is 0 Å². The molecular weight excluding hydrogens is 274 g/mol. The number of aromatic nitrogens is 1. The van der Waals surface area contributed by atoms with Crippen LogP contribution in [0.25, 0.3) is 0 Å². The van der Waals surface area contributed by atoms with E-state index in [-0.39, 0.29) is 5.91 Å². The number of aryl methyl sites for hydroxylation is 1. The lowest BCUT2D eigenvalue weighted by molar-refractivity contribution is -0.131. The van der Waals surface area contributed by atoms with Gasteiger partial charge < -0.3 is 14.4 Å². The van der Waals surface area contributed by atoms with E-state index in [4.69, 9.17) is 0 Å². The summed E-state index contributed by atoms with van der Waals surface area (Å²) in [6.45, 7) is 4.26. The summed E-state index contributed by atoms with van der Waals surface area (Å²) in [5.41, 5.74) is 0. The maximum absolute atomic E-state index is 12.4. The van der Waals surface area contributed by atoms with Crippen LogP contribution < -0.4 is 0 Å². The smallest absolute Gasteiger partial charge is 0.224 e. The Morgan fingerprint density at radius 3 is 2.73 bits per heavy atom. The largest absolute Gasteiger partial charge is 0.354 e. The van der Waals surface area contributed by atoms with E-state index in [1.165, 1.54) is 45.2 Å². The zero-order chi connectivity index (χ0) is 15.4. The average molecular weight is 303 g/mol. The number of rotatable bonds is 5. The number of piperidine rings is 2. The van der Waals surface area contributed by atoms with Crippen LogP contribution in [-0.4, -0.2) is 53.0 Å². The molecule has 4 heteroatoms. The van der Waals surface area contributed by atoms with Crippen molar-refractivity contribution in [1.82, 2.24) is 14.4 Å². The highest BCUT2D eigenvalue weighted by Gasteiger charge is 2.33. The standard InChI is InChI=1S/C18H29N3O/c1-19(18(22)9-14-20-10-4-5-11-20)15-16-7-6-13-21-12-3-2-8-17(16)21/h4-5,10-11,16-17H,2-3,6-9,12-15H2,1H3. The molecule has 2 aliphatic heterocycles. The SMILES string of the molecule is CN(CC1CCCN2CCCCC12)C(=O)CCn1cccc1. The molecule has 0 aliphatic carbocycles. The van der Waals surface area contributed by atoms with Gasteiger partial charge in [-0.3, -0.25) is 4.79 Å². The highest BCUT2D eigenvalue weighted by molar-refractivity contribution is 5.75. The molecule has 0 aromatic carbocycles. The molecule has 1 amide bonds. The monoisotopic (exact) mass is 303 g/mol. The molecule has 0 spiro atoms. The molecule has 3 rings (SSSR count). The fraction of sp³-hybridized carbons (Fsp3) is 0.722. The molecule has 4 nitrogen and oxygen atoms in total. The maximum atomic E-state index is 12.4. The lowest BCUT2D eigenvalue weighted by atomic mass is 9.83. The first-order valence-corrected chi connectivity index (χ1v) is 8.83. The van der Waals surface area contributed by atoms with E-state index < -0.39 is 0 Å². The molecule has 0 radical (unpaired) electrons. The van der Waals surface area contributed by atoms with Gasteiger partial charge in [0.2, 0.25) is 5.91 Å². The maximum Gasteiger partial charge on any atom is 0.224 e. The number of amides is 1. The Bertz CT molecular complexity index is 469. The van der Waals surface area contributed by atoms with Crippen molar-refractivity contribution in [3.05, 3.63) is 24.5 Å². The van der Waals surface area contributed by atoms with Crippen molar-refractivity contribution in [3.63, 3.8) is 0 Å². The van der Waals surface area contributed by atoms with Crippen molar-refractivity contribution < 1.29 is 4.79 Å². The van der Waals surface area contributed by atoms with Crippen LogP contribution in [0.15, 0.2) is 24.5 Å². The molecule has 1 aromatic rings. The van der Waals surface area contributed by atoms with E-state index in [2.05, 4.69) is 9.47 Å². The Hall–Kier alpha value is -1.29. The van der Waals surface area contributed by atoms with Gasteiger partial charge in [0.25, 0.3) is 0 Å². The molecular formula is C18H29N3O. The van der Waals surface area contributed by atoms with Gasteiger partial charge in [0, 0.05) is 45.0 Å². The number of nitrogens with zero attached hydrogens (tertiary/aromatic N) is 3. The van der Waals surface area contributed by atoms with E-state index in [1.54, 1.807) is 0 Å². The minimum atomic E-state index is 0.279. The Labute approximate surface area is 134 Å². The van der Waals surface area contributed by atoms with Crippen LogP contribution in [-0.2, 0) is 11.3 Å². The van der Waals surface area contributed by atoms with Crippen LogP contribution >= 0.6 is 0 Å². The Morgan fingerprint density at radius 2 is 1.91 bits per heavy atom. The van der Waals surface area contributed by atoms with E-state index >= 15 is 0 Å². The number of carbonyl (C=O) groups excluding carboxylic acids is 1. The first-order valence-electron chi connectivity index (χ1n) is 8.83. The summed E-state index contributed by atoms with van der Waals surface area (Å²) in [5.74, 6) is 0.955. The second-order valence-electron chi connectivity index (χ2n) is 6.95. The molecule has 0 saturated carbocycles. The highest BCUT2D eigenvalue weighted by atomic mass is 16.2. The topological polar surface area (TPSA) is 28.5 Å². The first-order chi connectivity index (χ1) is 10.7. The van der Waals surface area contributed by atoms with Gasteiger partial charge in [0.05, 0.1) is 0 Å². The predicted molar refractivity (Wildman–Crippen MR) is 88.6 cm³/mol. The zero-order valence-electron chi connectivity index (χ0n) is 13.8. The number of fused-ring (bicyclic) bond motifs is 1. The molecule has 1 aromatic heterocycles. The molecule has 122 valence electrons. The molecule has 3 heterocycles. The predicted octanol–water partition coefficient (Wildman–Crippen LogP) is 2.60. The molecule has 2 fully saturated rings. The number of hydrogen-bond acceptors (Lipinski definition) is 2. The van der Waals surface area contributed by atoms with Gasteiger partial charge in [-0.25, -0.2) is 0 Å². The molecule has 0 bridgehead atoms. The lowest BCUT2D eigenvalue weighted by Gasteiger charge is -2.45. The van der Waals surface area contributed by atoms with Gasteiger partial charge in [-0.1, -0.05) is 6.42 Å². The number of carbonyl (C=O) groups is 1. The van der Waals surface area contributed by atoms with Gasteiger partial charge in [-0.05, 0) is 56.8 Å². The lowest BCUT2D eigenvalue weighted by Crippen LogP contribution is -2.51. The van der Waals surface area contributed by atoms with Crippen molar-refractivity contribution in [2.45, 2.75) is 51.1 Å². The van der Waals surface area contributed by atoms with Crippen LogP contribution in [0.2, 0.25) is 0 Å². The molecule has 22 heavy (non-hydrogen) atoms. The Morgan fingerprint density at radius 1 is 1.14 bits per heavy atom. The van der Waals surface area contributed by atoms with Crippen molar-refractivity contribution in [1.29, 1.82) is 0 Å². The second-order valence-corrected chi connectivity index (χ2v) is 6.95. The molecule has 0 N–H and O–H groups in total. The third-order valence-corrected chi connectivity index (χ3v) is 5.41. The molecule has 2 aliphatic rings. The summed E-state index contributed by atoms with van der Waals surface area (Å²) in [6.07, 6.45) is 11.3. The van der Waals surface area contributed by atoms with Crippen LogP contribution in [0.5, 0.6) is 0 Å². The summed E-state index contributed by atoms with van der Waals surface area (Å²) >= 11 is 0. The number of hydrogen-bond donors (Lipinski definition) is 0. The third-order valence-electron chi connectivity index (χ3n) is 5.41. The summed E-state index contributed by atoms with van der Waals surface area (Å²) in [4.78, 5) is 17.0. The minimum absolute atomic E-state index is 0.279. The van der Waals surface area contributed by atoms with Crippen molar-refractivity contribution in [3.8, 4) is 0 Å². The minimum Gasteiger partial charge on any atom is -0.354 e. The Balaban J connectivity index is 1.49. The van der Waals surface area contributed by atoms with Crippen molar-refractivity contribution in [2.75, 3.05) is 26.7 Å². The van der Waals surface area contributed by atoms with E-state index in [1.807, 2.05) is 36.5 Å². The summed E-state index contributed by atoms with van der Waals surface area (Å²) in [7, 11) is 1.99. The first kappa shape index (κ1) is 15.6. The molecule has 2 atom stereocenters. The summed E-state index contributed by atoms with van der Waals surface area (Å²) < 4.78 is 2.08. The average Bonchev–Trinajstić information content (AvgIpc) is 3.06. The van der Waals surface area contributed by atoms with E-state index in [0.717, 1.165) is 19.1 Å². The van der Waals surface area contributed by atoms with Crippen LogP contribution in [0, 0.1) is 5.92 Å². The zero-order valence-corrected chi connectivity index (χ0v) is 13.8. The van der Waals surface area contributed by atoms with E-state index in [0.29, 0.717) is 12.3 Å². The molecule has 2 saturated heterocycles. The van der Waals surface area contributed by atoms with Gasteiger partial charge in [-0.2, -0.15) is 0 Å². The third kappa shape index (κ3) is 3.72. The van der Waals surface area contributed by atoms with Gasteiger partial charge in [-0.15, -0.1) is 0 Å². The van der Waals surface area contributed by atoms with Crippen molar-refractivity contribution >= 4 is 5.91 Å². The summed E-state index contributed by atoms with van der Waals surface area (Å²) in [6, 6.07) is 4.74. The molecule has 2 unspecified atom stereocenters. The quantitative estimate of drug-likeness (QED) is 0.836. The van der Waals surface area contributed by atoms with Crippen LogP contribution in [0.4, 0.5) is 0 Å². The highest BCUT2D eigenvalue weighted by Crippen LogP contribution is 2.31. The van der Waals surface area contributed by atoms with Crippen LogP contribution in [0.1, 0.15) is 38.5 Å². The van der Waals surface area contributed by atoms with Crippen LogP contribution in [0.3, 0.4) is 0 Å². The van der Waals surface area contributed by atoms with Gasteiger partial charge in [0.1, 0.15) is 0 Å². The summed E-state index contributed by atoms with van der Waals surface area (Å²) in [5, 5.41) is 0. The fourth-order valence-corrected chi connectivity index (χ4v) is 4.18. The van der Waals surface area contributed by atoms with Gasteiger partial charge >= 0.3 is 0 Å². The normalized spacial score (nSPS) is 25.7. The Kier molecular flexibility index (Phi) is 5.19. The fourth-order valence-electron chi connectivity index (χ4n) is 4.18.